The van der Waals surface area contributed by atoms with Crippen LogP contribution < -0.4 is 0 Å². The lowest BCUT2D eigenvalue weighted by molar-refractivity contribution is -0.254. The molecule has 0 saturated carbocycles. The number of thiophene rings is 6. The third-order valence-corrected chi connectivity index (χ3v) is 15.1. The number of rotatable bonds is 6. The Hall–Kier alpha value is -2.48. The van der Waals surface area contributed by atoms with Gasteiger partial charge in [-0.25, -0.2) is 0 Å². The Morgan fingerprint density at radius 3 is 1.20 bits per heavy atom. The molecule has 0 atom stereocenters. The zero-order chi connectivity index (χ0) is 32.1. The molecule has 6 aromatic heterocycles. The van der Waals surface area contributed by atoms with Gasteiger partial charge in [-0.15, -0.1) is 68.0 Å². The fourth-order valence-electron chi connectivity index (χ4n) is 5.93. The van der Waals surface area contributed by atoms with E-state index in [2.05, 4.69) is 0 Å². The molecule has 12 heteroatoms. The fraction of sp³-hybridized carbons (Fsp3) is 0.212. The lowest BCUT2D eigenvalue weighted by Gasteiger charge is -2.26. The summed E-state index contributed by atoms with van der Waals surface area (Å²) >= 11 is 8.35. The van der Waals surface area contributed by atoms with Gasteiger partial charge in [0.05, 0.1) is 0 Å². The van der Waals surface area contributed by atoms with Crippen molar-refractivity contribution in [3.8, 4) is 39.0 Å². The van der Waals surface area contributed by atoms with Gasteiger partial charge in [0.25, 0.3) is 0 Å². The summed E-state index contributed by atoms with van der Waals surface area (Å²) in [6.45, 7) is 6.20. The minimum Gasteiger partial charge on any atom is -0.194 e. The van der Waals surface area contributed by atoms with Crippen LogP contribution in [-0.2, 0) is 0 Å². The molecule has 0 N–H and O–H groups in total. The molecular weight excluding hydrogens is 703 g/mol. The quantitative estimate of drug-likeness (QED) is 0.150. The zero-order valence-electron chi connectivity index (χ0n) is 24.0. The van der Waals surface area contributed by atoms with E-state index in [9.17, 15) is 0 Å². The molecule has 7 rings (SSSR count). The van der Waals surface area contributed by atoms with Crippen molar-refractivity contribution in [3.63, 3.8) is 0 Å². The molecule has 0 aliphatic heterocycles. The highest BCUT2D eigenvalue weighted by atomic mass is 32.1. The van der Waals surface area contributed by atoms with Crippen LogP contribution >= 0.6 is 68.0 Å². The van der Waals surface area contributed by atoms with Gasteiger partial charge in [-0.2, -0.15) is 26.3 Å². The van der Waals surface area contributed by atoms with Gasteiger partial charge in [0.1, 0.15) is 0 Å². The number of alkyl halides is 6. The molecule has 1 aliphatic carbocycles. The summed E-state index contributed by atoms with van der Waals surface area (Å²) in [6.07, 6.45) is 0. The molecule has 0 saturated heterocycles. The standard InChI is InChI=1S/C33H22F6S6/c1-15-25(17(3)42-29(15)23-11-9-21(44-23)19-7-5-13-40-19)27-28(32(36,37)33(38,39)31(27,34)35)26-16(2)30(43-18(26)4)24-12-10-22(45-24)20-8-6-14-41-20/h5-14H,1-4H3. The maximum atomic E-state index is 15.9. The molecule has 0 amide bonds. The predicted octanol–water partition coefficient (Wildman–Crippen LogP) is 13.8. The second-order valence-corrected chi connectivity index (χ2v) is 17.2. The second-order valence-electron chi connectivity index (χ2n) is 10.7. The molecule has 1 aliphatic rings. The first-order valence-corrected chi connectivity index (χ1v) is 18.7. The molecule has 6 heterocycles. The molecule has 0 unspecified atom stereocenters. The number of allylic oxidation sites excluding steroid dienone is 2. The summed E-state index contributed by atoms with van der Waals surface area (Å²) in [6, 6.07) is 15.4. The first-order valence-electron chi connectivity index (χ1n) is 13.6. The summed E-state index contributed by atoms with van der Waals surface area (Å²) in [7, 11) is 0. The van der Waals surface area contributed by atoms with Gasteiger partial charge in [0, 0.05) is 71.0 Å². The highest BCUT2D eigenvalue weighted by Gasteiger charge is 2.80. The largest absolute Gasteiger partial charge is 0.380 e. The highest BCUT2D eigenvalue weighted by Crippen LogP contribution is 2.67. The summed E-state index contributed by atoms with van der Waals surface area (Å²) in [5, 5.41) is 3.90. The van der Waals surface area contributed by atoms with Crippen molar-refractivity contribution in [1.29, 1.82) is 0 Å². The maximum Gasteiger partial charge on any atom is 0.380 e. The van der Waals surface area contributed by atoms with Crippen molar-refractivity contribution in [2.24, 2.45) is 0 Å². The van der Waals surface area contributed by atoms with E-state index >= 15 is 26.3 Å². The lowest BCUT2D eigenvalue weighted by Crippen LogP contribution is -2.49. The van der Waals surface area contributed by atoms with Crippen molar-refractivity contribution < 1.29 is 26.3 Å². The van der Waals surface area contributed by atoms with Crippen LogP contribution in [0.25, 0.3) is 50.2 Å². The normalized spacial score (nSPS) is 17.1. The van der Waals surface area contributed by atoms with Crippen LogP contribution in [0.3, 0.4) is 0 Å². The Morgan fingerprint density at radius 2 is 0.844 bits per heavy atom. The van der Waals surface area contributed by atoms with Crippen LogP contribution in [0.4, 0.5) is 26.3 Å². The van der Waals surface area contributed by atoms with Crippen LogP contribution in [0.1, 0.15) is 32.0 Å². The fourth-order valence-corrected chi connectivity index (χ4v) is 12.3. The lowest BCUT2D eigenvalue weighted by atomic mass is 9.90. The number of hydrogen-bond donors (Lipinski definition) is 0. The zero-order valence-corrected chi connectivity index (χ0v) is 28.9. The van der Waals surface area contributed by atoms with Crippen molar-refractivity contribution >= 4 is 79.2 Å². The maximum absolute atomic E-state index is 15.9. The Kier molecular flexibility index (Phi) is 7.46. The molecular formula is C33H22F6S6. The van der Waals surface area contributed by atoms with Gasteiger partial charge in [-0.3, -0.25) is 0 Å². The summed E-state index contributed by atoms with van der Waals surface area (Å²) in [5.41, 5.74) is -2.40. The average Bonchev–Trinajstić information content (AvgIpc) is 3.82. The van der Waals surface area contributed by atoms with E-state index in [0.717, 1.165) is 51.9 Å². The minimum atomic E-state index is -5.61. The average molecular weight is 725 g/mol. The van der Waals surface area contributed by atoms with E-state index in [1.807, 2.05) is 59.3 Å². The number of halogens is 6. The summed E-state index contributed by atoms with van der Waals surface area (Å²) < 4.78 is 94.5. The van der Waals surface area contributed by atoms with Crippen molar-refractivity contribution in [1.82, 2.24) is 0 Å². The topological polar surface area (TPSA) is 0 Å². The minimum absolute atomic E-state index is 0.222. The van der Waals surface area contributed by atoms with Gasteiger partial charge in [0.15, 0.2) is 0 Å². The Morgan fingerprint density at radius 1 is 0.467 bits per heavy atom. The Balaban J connectivity index is 1.43. The van der Waals surface area contributed by atoms with Crippen LogP contribution in [0.5, 0.6) is 0 Å². The Bertz CT molecular complexity index is 1930. The van der Waals surface area contributed by atoms with E-state index in [-0.39, 0.29) is 11.1 Å². The molecule has 0 spiro atoms. The number of hydrogen-bond acceptors (Lipinski definition) is 6. The predicted molar refractivity (Wildman–Crippen MR) is 182 cm³/mol. The molecule has 0 radical (unpaired) electrons. The first-order chi connectivity index (χ1) is 21.3. The van der Waals surface area contributed by atoms with Crippen LogP contribution in [0, 0.1) is 27.7 Å². The van der Waals surface area contributed by atoms with E-state index < -0.39 is 28.9 Å². The molecule has 0 bridgehead atoms. The van der Waals surface area contributed by atoms with Crippen molar-refractivity contribution in [2.75, 3.05) is 0 Å². The molecule has 0 fully saturated rings. The smallest absolute Gasteiger partial charge is 0.194 e. The molecule has 232 valence electrons. The first kappa shape index (κ1) is 31.1. The van der Waals surface area contributed by atoms with Gasteiger partial charge >= 0.3 is 17.8 Å². The third kappa shape index (κ3) is 4.54. The highest BCUT2D eigenvalue weighted by molar-refractivity contribution is 7.27. The van der Waals surface area contributed by atoms with Gasteiger partial charge < -0.3 is 0 Å². The second kappa shape index (κ2) is 10.8. The van der Waals surface area contributed by atoms with E-state index in [0.29, 0.717) is 30.6 Å². The SMILES string of the molecule is Cc1sc(-c2ccc(-c3cccs3)s2)c(C)c1C1=C(c2c(C)sc(-c3ccc(-c4cccs4)s3)c2C)C(F)(F)C(F)(F)C1(F)F. The van der Waals surface area contributed by atoms with Crippen molar-refractivity contribution in [3.05, 3.63) is 91.3 Å². The molecule has 6 aromatic rings. The van der Waals surface area contributed by atoms with Gasteiger partial charge in [-0.1, -0.05) is 12.1 Å². The third-order valence-electron chi connectivity index (χ3n) is 8.00. The monoisotopic (exact) mass is 724 g/mol. The van der Waals surface area contributed by atoms with E-state index in [4.69, 9.17) is 0 Å². The van der Waals surface area contributed by atoms with Crippen LogP contribution in [0.2, 0.25) is 0 Å². The number of aryl methyl sites for hydroxylation is 2. The van der Waals surface area contributed by atoms with Crippen molar-refractivity contribution in [2.45, 2.75) is 45.5 Å². The summed E-state index contributed by atoms with van der Waals surface area (Å²) in [5.74, 6) is -15.8. The molecule has 0 nitrogen and oxygen atoms in total. The van der Waals surface area contributed by atoms with E-state index in [1.165, 1.54) is 36.5 Å². The summed E-state index contributed by atoms with van der Waals surface area (Å²) in [4.78, 5) is 7.35. The van der Waals surface area contributed by atoms with Crippen LogP contribution in [-0.4, -0.2) is 17.8 Å². The van der Waals surface area contributed by atoms with Gasteiger partial charge in [0.2, 0.25) is 0 Å². The molecule has 0 aromatic carbocycles. The molecule has 45 heavy (non-hydrogen) atoms. The van der Waals surface area contributed by atoms with Gasteiger partial charge in [-0.05, 0) is 86.0 Å². The van der Waals surface area contributed by atoms with Crippen LogP contribution in [0.15, 0.2) is 59.3 Å². The van der Waals surface area contributed by atoms with E-state index in [1.54, 1.807) is 36.5 Å². The Labute approximate surface area is 279 Å².